The molecule has 1 saturated heterocycles. The zero-order valence-corrected chi connectivity index (χ0v) is 14.1. The van der Waals surface area contributed by atoms with Crippen molar-refractivity contribution in [2.45, 2.75) is 25.8 Å². The third-order valence-electron chi connectivity index (χ3n) is 3.90. The van der Waals surface area contributed by atoms with Gasteiger partial charge in [-0.05, 0) is 66.5 Å². The fraction of sp³-hybridized carbons (Fsp3) is 0.533. The number of likely N-dealkylation sites (tertiary alicyclic amines) is 1. The Morgan fingerprint density at radius 2 is 2.30 bits per heavy atom. The van der Waals surface area contributed by atoms with Crippen molar-refractivity contribution in [1.82, 2.24) is 4.90 Å². The van der Waals surface area contributed by atoms with Crippen LogP contribution in [0.15, 0.2) is 18.2 Å². The Morgan fingerprint density at radius 3 is 2.90 bits per heavy atom. The largest absolute Gasteiger partial charge is 0.497 e. The van der Waals surface area contributed by atoms with Crippen molar-refractivity contribution in [2.75, 3.05) is 20.2 Å². The van der Waals surface area contributed by atoms with Crippen LogP contribution in [-0.2, 0) is 0 Å². The van der Waals surface area contributed by atoms with E-state index in [1.807, 2.05) is 30.0 Å². The fourth-order valence-electron chi connectivity index (χ4n) is 2.59. The maximum atomic E-state index is 12.6. The summed E-state index contributed by atoms with van der Waals surface area (Å²) in [6.45, 7) is 3.61. The number of nitrogens with two attached hydrogens (primary N) is 1. The normalized spacial score (nSPS) is 20.6. The number of methoxy groups -OCH3 is 1. The van der Waals surface area contributed by atoms with Crippen LogP contribution in [0.25, 0.3) is 0 Å². The second-order valence-corrected chi connectivity index (χ2v) is 6.52. The number of halogens is 1. The summed E-state index contributed by atoms with van der Waals surface area (Å²) < 4.78 is 6.10. The van der Waals surface area contributed by atoms with E-state index in [9.17, 15) is 4.79 Å². The molecular weight excluding hydrogens is 367 g/mol. The summed E-state index contributed by atoms with van der Waals surface area (Å²) in [7, 11) is 1.63. The first kappa shape index (κ1) is 15.6. The predicted molar refractivity (Wildman–Crippen MR) is 88.0 cm³/mol. The molecule has 2 unspecified atom stereocenters. The monoisotopic (exact) mass is 388 g/mol. The van der Waals surface area contributed by atoms with Crippen LogP contribution in [-0.4, -0.2) is 37.0 Å². The van der Waals surface area contributed by atoms with Crippen LogP contribution in [0.4, 0.5) is 0 Å². The third-order valence-corrected chi connectivity index (χ3v) is 4.79. The lowest BCUT2D eigenvalue weighted by Crippen LogP contribution is -2.45. The van der Waals surface area contributed by atoms with E-state index < -0.39 is 0 Å². The summed E-state index contributed by atoms with van der Waals surface area (Å²) in [6, 6.07) is 5.71. The Labute approximate surface area is 133 Å². The SMILES string of the molecule is COc1ccc(C(=O)N2CCCC(C(C)N)C2)c(I)c1. The van der Waals surface area contributed by atoms with Crippen LogP contribution < -0.4 is 10.5 Å². The van der Waals surface area contributed by atoms with Gasteiger partial charge in [-0.1, -0.05) is 0 Å². The van der Waals surface area contributed by atoms with Crippen molar-refractivity contribution in [3.05, 3.63) is 27.3 Å². The van der Waals surface area contributed by atoms with E-state index in [1.165, 1.54) is 0 Å². The highest BCUT2D eigenvalue weighted by atomic mass is 127. The first-order valence-corrected chi connectivity index (χ1v) is 7.99. The average Bonchev–Trinajstić information content (AvgIpc) is 2.46. The van der Waals surface area contributed by atoms with E-state index in [2.05, 4.69) is 22.6 Å². The number of carbonyl (C=O) groups excluding carboxylic acids is 1. The molecule has 0 radical (unpaired) electrons. The minimum atomic E-state index is 0.0994. The van der Waals surface area contributed by atoms with E-state index >= 15 is 0 Å². The van der Waals surface area contributed by atoms with E-state index in [0.717, 1.165) is 40.8 Å². The van der Waals surface area contributed by atoms with Crippen molar-refractivity contribution in [1.29, 1.82) is 0 Å². The van der Waals surface area contributed by atoms with Crippen molar-refractivity contribution < 1.29 is 9.53 Å². The maximum Gasteiger partial charge on any atom is 0.254 e. The topological polar surface area (TPSA) is 55.6 Å². The van der Waals surface area contributed by atoms with Crippen LogP contribution in [0, 0.1) is 9.49 Å². The molecule has 0 saturated carbocycles. The molecule has 0 bridgehead atoms. The minimum Gasteiger partial charge on any atom is -0.497 e. The zero-order valence-electron chi connectivity index (χ0n) is 11.9. The first-order valence-electron chi connectivity index (χ1n) is 6.91. The van der Waals surface area contributed by atoms with E-state index in [-0.39, 0.29) is 11.9 Å². The maximum absolute atomic E-state index is 12.6. The standard InChI is InChI=1S/C15H21IN2O2/c1-10(17)11-4-3-7-18(9-11)15(19)13-6-5-12(20-2)8-14(13)16/h5-6,8,10-11H,3-4,7,9,17H2,1-2H3. The van der Waals surface area contributed by atoms with Gasteiger partial charge in [-0.25, -0.2) is 0 Å². The highest BCUT2D eigenvalue weighted by Crippen LogP contribution is 2.24. The van der Waals surface area contributed by atoms with Gasteiger partial charge in [-0.15, -0.1) is 0 Å². The molecule has 1 aromatic carbocycles. The van der Waals surface area contributed by atoms with Crippen molar-refractivity contribution in [2.24, 2.45) is 11.7 Å². The molecular formula is C15H21IN2O2. The molecule has 0 aromatic heterocycles. The van der Waals surface area contributed by atoms with Crippen molar-refractivity contribution >= 4 is 28.5 Å². The van der Waals surface area contributed by atoms with Gasteiger partial charge in [-0.3, -0.25) is 4.79 Å². The molecule has 1 heterocycles. The Bertz CT molecular complexity index is 491. The molecule has 1 aromatic rings. The van der Waals surface area contributed by atoms with Gasteiger partial charge in [0.25, 0.3) is 5.91 Å². The van der Waals surface area contributed by atoms with E-state index in [0.29, 0.717) is 5.92 Å². The van der Waals surface area contributed by atoms with Crippen molar-refractivity contribution in [3.63, 3.8) is 0 Å². The van der Waals surface area contributed by atoms with Crippen LogP contribution in [0.3, 0.4) is 0 Å². The number of hydrogen-bond donors (Lipinski definition) is 1. The molecule has 0 spiro atoms. The van der Waals surface area contributed by atoms with Gasteiger partial charge in [-0.2, -0.15) is 0 Å². The van der Waals surface area contributed by atoms with Crippen LogP contribution in [0.2, 0.25) is 0 Å². The number of benzene rings is 1. The number of piperidine rings is 1. The van der Waals surface area contributed by atoms with E-state index in [1.54, 1.807) is 7.11 Å². The lowest BCUT2D eigenvalue weighted by atomic mass is 9.92. The van der Waals surface area contributed by atoms with Crippen LogP contribution >= 0.6 is 22.6 Å². The summed E-state index contributed by atoms with van der Waals surface area (Å²) in [5.41, 5.74) is 6.73. The number of hydrogen-bond acceptors (Lipinski definition) is 3. The molecule has 0 aliphatic carbocycles. The summed E-state index contributed by atoms with van der Waals surface area (Å²) in [5, 5.41) is 0. The highest BCUT2D eigenvalue weighted by Gasteiger charge is 2.27. The fourth-order valence-corrected chi connectivity index (χ4v) is 3.31. The van der Waals surface area contributed by atoms with Gasteiger partial charge in [0.15, 0.2) is 0 Å². The highest BCUT2D eigenvalue weighted by molar-refractivity contribution is 14.1. The molecule has 1 fully saturated rings. The molecule has 1 aliphatic heterocycles. The Morgan fingerprint density at radius 1 is 1.55 bits per heavy atom. The average molecular weight is 388 g/mol. The molecule has 2 rings (SSSR count). The Hall–Kier alpha value is -0.820. The van der Waals surface area contributed by atoms with Gasteiger partial charge in [0.1, 0.15) is 5.75 Å². The molecule has 2 N–H and O–H groups in total. The quantitative estimate of drug-likeness (QED) is 0.810. The van der Waals surface area contributed by atoms with Gasteiger partial charge < -0.3 is 15.4 Å². The molecule has 110 valence electrons. The smallest absolute Gasteiger partial charge is 0.254 e. The molecule has 2 atom stereocenters. The van der Waals surface area contributed by atoms with Gasteiger partial charge in [0.05, 0.1) is 12.7 Å². The number of ether oxygens (including phenoxy) is 1. The lowest BCUT2D eigenvalue weighted by molar-refractivity contribution is 0.0660. The number of rotatable bonds is 3. The second kappa shape index (κ2) is 6.76. The van der Waals surface area contributed by atoms with Crippen molar-refractivity contribution in [3.8, 4) is 5.75 Å². The molecule has 1 aliphatic rings. The molecule has 1 amide bonds. The van der Waals surface area contributed by atoms with Gasteiger partial charge in [0, 0.05) is 22.7 Å². The van der Waals surface area contributed by atoms with Crippen LogP contribution in [0.5, 0.6) is 5.75 Å². The number of carbonyl (C=O) groups is 1. The predicted octanol–water partition coefficient (Wildman–Crippen LogP) is 2.50. The number of nitrogens with zero attached hydrogens (tertiary/aromatic N) is 1. The second-order valence-electron chi connectivity index (χ2n) is 5.36. The summed E-state index contributed by atoms with van der Waals surface area (Å²) in [4.78, 5) is 14.6. The zero-order chi connectivity index (χ0) is 14.7. The summed E-state index contributed by atoms with van der Waals surface area (Å²) >= 11 is 2.19. The lowest BCUT2D eigenvalue weighted by Gasteiger charge is -2.34. The molecule has 20 heavy (non-hydrogen) atoms. The van der Waals surface area contributed by atoms with E-state index in [4.69, 9.17) is 10.5 Å². The number of amides is 1. The van der Waals surface area contributed by atoms with Gasteiger partial charge in [0.2, 0.25) is 0 Å². The Kier molecular flexibility index (Phi) is 5.26. The van der Waals surface area contributed by atoms with Crippen LogP contribution in [0.1, 0.15) is 30.1 Å². The Balaban J connectivity index is 2.14. The van der Waals surface area contributed by atoms with Gasteiger partial charge >= 0.3 is 0 Å². The third kappa shape index (κ3) is 3.44. The minimum absolute atomic E-state index is 0.0994. The summed E-state index contributed by atoms with van der Waals surface area (Å²) in [6.07, 6.45) is 2.14. The molecule has 4 nitrogen and oxygen atoms in total. The summed E-state index contributed by atoms with van der Waals surface area (Å²) in [5.74, 6) is 1.28. The molecule has 5 heteroatoms. The first-order chi connectivity index (χ1) is 9.52.